The Balaban J connectivity index is 0.00000280. The van der Waals surface area contributed by atoms with E-state index in [9.17, 15) is 0 Å². The molecule has 28 heavy (non-hydrogen) atoms. The molecule has 0 aromatic heterocycles. The molecular formula is C21H35IN4OS. The zero-order valence-electron chi connectivity index (χ0n) is 17.4. The number of ether oxygens (including phenoxy) is 1. The van der Waals surface area contributed by atoms with Crippen LogP contribution in [0.1, 0.15) is 36.9 Å². The molecule has 2 unspecified atom stereocenters. The van der Waals surface area contributed by atoms with Crippen molar-refractivity contribution in [2.24, 2.45) is 4.99 Å². The maximum atomic E-state index is 5.56. The van der Waals surface area contributed by atoms with Gasteiger partial charge in [-0.05, 0) is 38.0 Å². The summed E-state index contributed by atoms with van der Waals surface area (Å²) >= 11 is 2.08. The van der Waals surface area contributed by atoms with Crippen LogP contribution in [0.4, 0.5) is 0 Å². The molecule has 2 saturated heterocycles. The zero-order valence-corrected chi connectivity index (χ0v) is 20.5. The first kappa shape index (κ1) is 23.8. The van der Waals surface area contributed by atoms with Crippen LogP contribution < -0.4 is 10.6 Å². The van der Waals surface area contributed by atoms with Gasteiger partial charge in [-0.1, -0.05) is 29.8 Å². The van der Waals surface area contributed by atoms with E-state index < -0.39 is 0 Å². The van der Waals surface area contributed by atoms with Crippen molar-refractivity contribution in [3.05, 3.63) is 35.4 Å². The van der Waals surface area contributed by atoms with Gasteiger partial charge in [0.1, 0.15) is 0 Å². The number of benzene rings is 1. The van der Waals surface area contributed by atoms with E-state index in [2.05, 4.69) is 70.4 Å². The molecule has 7 heteroatoms. The molecule has 2 fully saturated rings. The Morgan fingerprint density at radius 1 is 1.25 bits per heavy atom. The standard InChI is InChI=1S/C21H34N4OS.HI/c1-17-5-7-18(8-6-17)19(25-10-12-26-13-11-25)15-23-20(22-3)24-16-21(2)9-4-14-27-21;/h5-8,19H,4,9-16H2,1-3H3,(H2,22,23,24);1H. The van der Waals surface area contributed by atoms with Crippen LogP contribution in [0.15, 0.2) is 29.3 Å². The average molecular weight is 519 g/mol. The summed E-state index contributed by atoms with van der Waals surface area (Å²) in [4.78, 5) is 6.96. The summed E-state index contributed by atoms with van der Waals surface area (Å²) < 4.78 is 5.89. The van der Waals surface area contributed by atoms with Gasteiger partial charge in [-0.25, -0.2) is 0 Å². The molecule has 158 valence electrons. The maximum Gasteiger partial charge on any atom is 0.191 e. The van der Waals surface area contributed by atoms with Crippen LogP contribution >= 0.6 is 35.7 Å². The van der Waals surface area contributed by atoms with Gasteiger partial charge in [0.15, 0.2) is 5.96 Å². The molecule has 1 aromatic rings. The highest BCUT2D eigenvalue weighted by Gasteiger charge is 2.29. The third kappa shape index (κ3) is 6.78. The summed E-state index contributed by atoms with van der Waals surface area (Å²) in [6, 6.07) is 9.24. The summed E-state index contributed by atoms with van der Waals surface area (Å²) in [6.45, 7) is 9.86. The number of hydrogen-bond acceptors (Lipinski definition) is 4. The lowest BCUT2D eigenvalue weighted by Gasteiger charge is -2.35. The predicted octanol–water partition coefficient (Wildman–Crippen LogP) is 3.44. The number of nitrogens with one attached hydrogen (secondary N) is 2. The summed E-state index contributed by atoms with van der Waals surface area (Å²) in [5.41, 5.74) is 2.65. The molecule has 2 heterocycles. The third-order valence-corrected chi connectivity index (χ3v) is 7.10. The van der Waals surface area contributed by atoms with Crippen molar-refractivity contribution in [2.45, 2.75) is 37.5 Å². The molecule has 2 atom stereocenters. The van der Waals surface area contributed by atoms with E-state index in [4.69, 9.17) is 4.74 Å². The van der Waals surface area contributed by atoms with E-state index in [1.54, 1.807) is 0 Å². The van der Waals surface area contributed by atoms with E-state index in [1.807, 2.05) is 7.05 Å². The van der Waals surface area contributed by atoms with Crippen molar-refractivity contribution < 1.29 is 4.74 Å². The Morgan fingerprint density at radius 2 is 1.96 bits per heavy atom. The van der Waals surface area contributed by atoms with Crippen LogP contribution in [0.3, 0.4) is 0 Å². The lowest BCUT2D eigenvalue weighted by atomic mass is 10.0. The minimum absolute atomic E-state index is 0. The highest BCUT2D eigenvalue weighted by Crippen LogP contribution is 2.36. The van der Waals surface area contributed by atoms with Crippen molar-refractivity contribution in [3.8, 4) is 0 Å². The SMILES string of the molecule is CN=C(NCC(c1ccc(C)cc1)N1CCOCC1)NCC1(C)CCCS1.I. The molecule has 0 amide bonds. The van der Waals surface area contributed by atoms with E-state index in [0.29, 0.717) is 10.8 Å². The van der Waals surface area contributed by atoms with Gasteiger partial charge in [0.05, 0.1) is 19.3 Å². The molecule has 0 radical (unpaired) electrons. The van der Waals surface area contributed by atoms with Gasteiger partial charge in [-0.2, -0.15) is 11.8 Å². The normalized spacial score (nSPS) is 24.5. The quantitative estimate of drug-likeness (QED) is 0.344. The molecule has 1 aromatic carbocycles. The van der Waals surface area contributed by atoms with Crippen molar-refractivity contribution in [1.29, 1.82) is 0 Å². The van der Waals surface area contributed by atoms with Gasteiger partial charge in [0, 0.05) is 38.0 Å². The lowest BCUT2D eigenvalue weighted by molar-refractivity contribution is 0.0170. The maximum absolute atomic E-state index is 5.56. The van der Waals surface area contributed by atoms with E-state index >= 15 is 0 Å². The van der Waals surface area contributed by atoms with E-state index in [1.165, 1.54) is 29.7 Å². The number of nitrogens with zero attached hydrogens (tertiary/aromatic N) is 2. The monoisotopic (exact) mass is 518 g/mol. The minimum Gasteiger partial charge on any atom is -0.379 e. The Morgan fingerprint density at radius 3 is 2.57 bits per heavy atom. The number of aryl methyl sites for hydroxylation is 1. The molecule has 0 spiro atoms. The number of rotatable bonds is 6. The zero-order chi connectivity index (χ0) is 19.1. The molecular weight excluding hydrogens is 483 g/mol. The van der Waals surface area contributed by atoms with Crippen LogP contribution in [-0.2, 0) is 4.74 Å². The van der Waals surface area contributed by atoms with Crippen LogP contribution in [0.2, 0.25) is 0 Å². The van der Waals surface area contributed by atoms with Crippen molar-refractivity contribution in [2.75, 3.05) is 52.2 Å². The number of aliphatic imine (C=N–C) groups is 1. The van der Waals surface area contributed by atoms with Crippen molar-refractivity contribution in [1.82, 2.24) is 15.5 Å². The first-order valence-corrected chi connectivity index (χ1v) is 11.0. The average Bonchev–Trinajstić information content (AvgIpc) is 3.13. The summed E-state index contributed by atoms with van der Waals surface area (Å²) in [5, 5.41) is 7.11. The largest absolute Gasteiger partial charge is 0.379 e. The molecule has 2 aliphatic heterocycles. The second-order valence-corrected chi connectivity index (χ2v) is 9.47. The van der Waals surface area contributed by atoms with Gasteiger partial charge in [-0.15, -0.1) is 24.0 Å². The molecule has 2 aliphatic rings. The molecule has 0 saturated carbocycles. The third-order valence-electron chi connectivity index (χ3n) is 5.57. The van der Waals surface area contributed by atoms with Gasteiger partial charge < -0.3 is 15.4 Å². The Labute approximate surface area is 191 Å². The number of guanidine groups is 1. The van der Waals surface area contributed by atoms with Crippen LogP contribution in [0.25, 0.3) is 0 Å². The van der Waals surface area contributed by atoms with Gasteiger partial charge in [0.25, 0.3) is 0 Å². The second kappa shape index (κ2) is 11.6. The first-order valence-electron chi connectivity index (χ1n) is 10.1. The smallest absolute Gasteiger partial charge is 0.191 e. The topological polar surface area (TPSA) is 48.9 Å². The van der Waals surface area contributed by atoms with Gasteiger partial charge in [-0.3, -0.25) is 9.89 Å². The van der Waals surface area contributed by atoms with Crippen LogP contribution in [0.5, 0.6) is 0 Å². The number of hydrogen-bond donors (Lipinski definition) is 2. The highest BCUT2D eigenvalue weighted by atomic mass is 127. The fraction of sp³-hybridized carbons (Fsp3) is 0.667. The van der Waals surface area contributed by atoms with E-state index in [-0.39, 0.29) is 24.0 Å². The minimum atomic E-state index is 0. The van der Waals surface area contributed by atoms with Gasteiger partial charge >= 0.3 is 0 Å². The van der Waals surface area contributed by atoms with Crippen LogP contribution in [0, 0.1) is 6.92 Å². The fourth-order valence-corrected chi connectivity index (χ4v) is 5.04. The fourth-order valence-electron chi connectivity index (χ4n) is 3.80. The molecule has 0 bridgehead atoms. The Bertz CT molecular complexity index is 613. The Hall–Kier alpha value is -0.510. The van der Waals surface area contributed by atoms with Crippen molar-refractivity contribution in [3.63, 3.8) is 0 Å². The molecule has 0 aliphatic carbocycles. The summed E-state index contributed by atoms with van der Waals surface area (Å²) in [6.07, 6.45) is 2.60. The molecule has 2 N–H and O–H groups in total. The molecule has 3 rings (SSSR count). The summed E-state index contributed by atoms with van der Waals surface area (Å²) in [7, 11) is 1.86. The van der Waals surface area contributed by atoms with E-state index in [0.717, 1.165) is 45.4 Å². The predicted molar refractivity (Wildman–Crippen MR) is 131 cm³/mol. The number of morpholine rings is 1. The Kier molecular flexibility index (Phi) is 9.86. The second-order valence-electron chi connectivity index (χ2n) is 7.78. The number of thioether (sulfide) groups is 1. The first-order chi connectivity index (χ1) is 13.1. The molecule has 5 nitrogen and oxygen atoms in total. The van der Waals surface area contributed by atoms with Gasteiger partial charge in [0.2, 0.25) is 0 Å². The highest BCUT2D eigenvalue weighted by molar-refractivity contribution is 14.0. The summed E-state index contributed by atoms with van der Waals surface area (Å²) in [5.74, 6) is 2.17. The number of halogens is 1. The lowest BCUT2D eigenvalue weighted by Crippen LogP contribution is -2.48. The van der Waals surface area contributed by atoms with Crippen LogP contribution in [-0.4, -0.2) is 67.8 Å². The van der Waals surface area contributed by atoms with Crippen molar-refractivity contribution >= 4 is 41.7 Å².